The van der Waals surface area contributed by atoms with Gasteiger partial charge in [-0.3, -0.25) is 9.78 Å². The SMILES string of the molecule is CC(C)C[C@H](NC(=O)c1cc(-n2ccnc2)ccn1)C(=O)O. The van der Waals surface area contributed by atoms with Crippen molar-refractivity contribution in [3.05, 3.63) is 42.7 Å². The van der Waals surface area contributed by atoms with Crippen LogP contribution >= 0.6 is 0 Å². The summed E-state index contributed by atoms with van der Waals surface area (Å²) >= 11 is 0. The summed E-state index contributed by atoms with van der Waals surface area (Å²) in [5.74, 6) is -1.39. The van der Waals surface area contributed by atoms with E-state index in [4.69, 9.17) is 0 Å². The van der Waals surface area contributed by atoms with Gasteiger partial charge in [-0.25, -0.2) is 9.78 Å². The van der Waals surface area contributed by atoms with Crippen LogP contribution in [-0.4, -0.2) is 37.6 Å². The fourth-order valence-electron chi connectivity index (χ4n) is 2.04. The minimum atomic E-state index is -1.05. The minimum absolute atomic E-state index is 0.159. The summed E-state index contributed by atoms with van der Waals surface area (Å²) in [5, 5.41) is 11.7. The minimum Gasteiger partial charge on any atom is -0.480 e. The van der Waals surface area contributed by atoms with Gasteiger partial charge in [0.25, 0.3) is 5.91 Å². The molecule has 116 valence electrons. The second kappa shape index (κ2) is 6.84. The number of pyridine rings is 1. The molecule has 2 rings (SSSR count). The molecular formula is C15H18N4O3. The number of hydrogen-bond acceptors (Lipinski definition) is 4. The number of carbonyl (C=O) groups excluding carboxylic acids is 1. The Kier molecular flexibility index (Phi) is 4.88. The highest BCUT2D eigenvalue weighted by Gasteiger charge is 2.22. The van der Waals surface area contributed by atoms with Crippen molar-refractivity contribution < 1.29 is 14.7 Å². The molecule has 2 N–H and O–H groups in total. The molecule has 22 heavy (non-hydrogen) atoms. The normalized spacial score (nSPS) is 12.1. The number of rotatable bonds is 6. The first-order valence-electron chi connectivity index (χ1n) is 6.95. The maximum absolute atomic E-state index is 12.2. The lowest BCUT2D eigenvalue weighted by Gasteiger charge is -2.16. The van der Waals surface area contributed by atoms with Crippen molar-refractivity contribution in [1.82, 2.24) is 19.9 Å². The summed E-state index contributed by atoms with van der Waals surface area (Å²) < 4.78 is 1.74. The van der Waals surface area contributed by atoms with E-state index in [-0.39, 0.29) is 11.6 Å². The van der Waals surface area contributed by atoms with Gasteiger partial charge in [-0.15, -0.1) is 0 Å². The van der Waals surface area contributed by atoms with Crippen LogP contribution in [0.3, 0.4) is 0 Å². The van der Waals surface area contributed by atoms with Gasteiger partial charge in [-0.05, 0) is 24.5 Å². The number of aromatic nitrogens is 3. The van der Waals surface area contributed by atoms with Gasteiger partial charge in [0.1, 0.15) is 11.7 Å². The first kappa shape index (κ1) is 15.7. The topological polar surface area (TPSA) is 97.1 Å². The highest BCUT2D eigenvalue weighted by Crippen LogP contribution is 2.10. The number of imidazole rings is 1. The Morgan fingerprint density at radius 2 is 2.14 bits per heavy atom. The van der Waals surface area contributed by atoms with E-state index >= 15 is 0 Å². The van der Waals surface area contributed by atoms with E-state index in [1.807, 2.05) is 13.8 Å². The average molecular weight is 302 g/mol. The maximum Gasteiger partial charge on any atom is 0.326 e. The summed E-state index contributed by atoms with van der Waals surface area (Å²) in [6.45, 7) is 3.81. The van der Waals surface area contributed by atoms with Gasteiger partial charge >= 0.3 is 5.97 Å². The zero-order chi connectivity index (χ0) is 16.1. The summed E-state index contributed by atoms with van der Waals surface area (Å²) in [6, 6.07) is 2.40. The molecule has 7 nitrogen and oxygen atoms in total. The van der Waals surface area contributed by atoms with Gasteiger partial charge in [-0.1, -0.05) is 13.8 Å². The second-order valence-electron chi connectivity index (χ2n) is 5.36. The molecular weight excluding hydrogens is 284 g/mol. The number of carbonyl (C=O) groups is 2. The van der Waals surface area contributed by atoms with E-state index in [1.54, 1.807) is 35.4 Å². The largest absolute Gasteiger partial charge is 0.480 e. The van der Waals surface area contributed by atoms with Crippen LogP contribution in [0, 0.1) is 5.92 Å². The van der Waals surface area contributed by atoms with Gasteiger partial charge in [-0.2, -0.15) is 0 Å². The summed E-state index contributed by atoms with van der Waals surface area (Å²) in [4.78, 5) is 31.4. The molecule has 0 saturated heterocycles. The van der Waals surface area contributed by atoms with Gasteiger partial charge in [0.2, 0.25) is 0 Å². The highest BCUT2D eigenvalue weighted by molar-refractivity contribution is 5.95. The zero-order valence-corrected chi connectivity index (χ0v) is 12.4. The molecule has 0 aliphatic heterocycles. The molecule has 1 amide bonds. The Morgan fingerprint density at radius 1 is 1.36 bits per heavy atom. The molecule has 0 bridgehead atoms. The van der Waals surface area contributed by atoms with Crippen LogP contribution in [0.25, 0.3) is 5.69 Å². The van der Waals surface area contributed by atoms with Crippen molar-refractivity contribution in [3.63, 3.8) is 0 Å². The Morgan fingerprint density at radius 3 is 2.73 bits per heavy atom. The molecule has 0 aromatic carbocycles. The summed E-state index contributed by atoms with van der Waals surface area (Å²) in [6.07, 6.45) is 6.85. The summed E-state index contributed by atoms with van der Waals surface area (Å²) in [7, 11) is 0. The van der Waals surface area contributed by atoms with Crippen molar-refractivity contribution in [2.24, 2.45) is 5.92 Å². The quantitative estimate of drug-likeness (QED) is 0.842. The van der Waals surface area contributed by atoms with E-state index < -0.39 is 17.9 Å². The van der Waals surface area contributed by atoms with Crippen LogP contribution in [0.5, 0.6) is 0 Å². The number of nitrogens with zero attached hydrogens (tertiary/aromatic N) is 3. The third kappa shape index (κ3) is 3.91. The van der Waals surface area contributed by atoms with E-state index in [9.17, 15) is 14.7 Å². The van der Waals surface area contributed by atoms with Crippen LogP contribution in [0.4, 0.5) is 0 Å². The van der Waals surface area contributed by atoms with Crippen LogP contribution < -0.4 is 5.32 Å². The van der Waals surface area contributed by atoms with Crippen molar-refractivity contribution in [1.29, 1.82) is 0 Å². The van der Waals surface area contributed by atoms with Gasteiger partial charge in [0.15, 0.2) is 0 Å². The van der Waals surface area contributed by atoms with E-state index in [0.29, 0.717) is 6.42 Å². The highest BCUT2D eigenvalue weighted by atomic mass is 16.4. The monoisotopic (exact) mass is 302 g/mol. The Labute approximate surface area is 128 Å². The molecule has 0 radical (unpaired) electrons. The van der Waals surface area contributed by atoms with Crippen molar-refractivity contribution >= 4 is 11.9 Å². The molecule has 2 aromatic heterocycles. The number of amides is 1. The fraction of sp³-hybridized carbons (Fsp3) is 0.333. The zero-order valence-electron chi connectivity index (χ0n) is 12.4. The molecule has 0 fully saturated rings. The Hall–Kier alpha value is -2.70. The first-order valence-corrected chi connectivity index (χ1v) is 6.95. The molecule has 1 atom stereocenters. The first-order chi connectivity index (χ1) is 10.5. The standard InChI is InChI=1S/C15H18N4O3/c1-10(2)7-13(15(21)22)18-14(20)12-8-11(3-4-17-12)19-6-5-16-9-19/h3-6,8-10,13H,7H2,1-2H3,(H,18,20)(H,21,22)/t13-/m0/s1. The molecule has 0 aliphatic carbocycles. The second-order valence-corrected chi connectivity index (χ2v) is 5.36. The third-order valence-electron chi connectivity index (χ3n) is 3.09. The third-order valence-corrected chi connectivity index (χ3v) is 3.09. The van der Waals surface area contributed by atoms with Gasteiger partial charge in [0, 0.05) is 18.6 Å². The lowest BCUT2D eigenvalue weighted by atomic mass is 10.0. The Balaban J connectivity index is 2.15. The van der Waals surface area contributed by atoms with E-state index in [2.05, 4.69) is 15.3 Å². The van der Waals surface area contributed by atoms with E-state index in [0.717, 1.165) is 5.69 Å². The van der Waals surface area contributed by atoms with Crippen LogP contribution in [0.2, 0.25) is 0 Å². The van der Waals surface area contributed by atoms with E-state index in [1.165, 1.54) is 6.20 Å². The van der Waals surface area contributed by atoms with Crippen LogP contribution in [0.15, 0.2) is 37.1 Å². The van der Waals surface area contributed by atoms with Gasteiger partial charge < -0.3 is 15.0 Å². The number of carboxylic acid groups (broad SMARTS) is 1. The Bertz CT molecular complexity index is 653. The molecule has 0 spiro atoms. The number of carboxylic acids is 1. The van der Waals surface area contributed by atoms with Crippen molar-refractivity contribution in [2.75, 3.05) is 0 Å². The molecule has 0 saturated carbocycles. The predicted molar refractivity (Wildman–Crippen MR) is 79.7 cm³/mol. The fourth-order valence-corrected chi connectivity index (χ4v) is 2.04. The van der Waals surface area contributed by atoms with Crippen LogP contribution in [0.1, 0.15) is 30.8 Å². The molecule has 2 aromatic rings. The molecule has 2 heterocycles. The number of hydrogen-bond donors (Lipinski definition) is 2. The maximum atomic E-state index is 12.2. The smallest absolute Gasteiger partial charge is 0.326 e. The molecule has 0 aliphatic rings. The lowest BCUT2D eigenvalue weighted by molar-refractivity contribution is -0.139. The average Bonchev–Trinajstić information content (AvgIpc) is 3.00. The molecule has 7 heteroatoms. The van der Waals surface area contributed by atoms with Crippen molar-refractivity contribution in [2.45, 2.75) is 26.3 Å². The van der Waals surface area contributed by atoms with Gasteiger partial charge in [0.05, 0.1) is 12.0 Å². The van der Waals surface area contributed by atoms with Crippen molar-refractivity contribution in [3.8, 4) is 5.69 Å². The lowest BCUT2D eigenvalue weighted by Crippen LogP contribution is -2.41. The van der Waals surface area contributed by atoms with Crippen LogP contribution in [-0.2, 0) is 4.79 Å². The number of aliphatic carboxylic acids is 1. The number of nitrogens with one attached hydrogen (secondary N) is 1. The summed E-state index contributed by atoms with van der Waals surface area (Å²) in [5.41, 5.74) is 0.898. The predicted octanol–water partition coefficient (Wildman–Crippen LogP) is 1.50. The molecule has 0 unspecified atom stereocenters.